The molecule has 1 aliphatic carbocycles. The summed E-state index contributed by atoms with van der Waals surface area (Å²) in [4.78, 5) is 21.9. The highest BCUT2D eigenvalue weighted by Crippen LogP contribution is 2.44. The third-order valence-corrected chi connectivity index (χ3v) is 4.23. The predicted molar refractivity (Wildman–Crippen MR) is 69.4 cm³/mol. The second-order valence-corrected chi connectivity index (χ2v) is 5.78. The number of carbonyl (C=O) groups is 1. The summed E-state index contributed by atoms with van der Waals surface area (Å²) in [5, 5.41) is 9.33. The molecular weight excluding hydrogens is 242 g/mol. The molecule has 1 aromatic heterocycles. The molecular formula is C14H19N3O2. The van der Waals surface area contributed by atoms with Gasteiger partial charge < -0.3 is 5.11 Å². The van der Waals surface area contributed by atoms with Gasteiger partial charge in [0.1, 0.15) is 5.82 Å². The van der Waals surface area contributed by atoms with Crippen LogP contribution in [0.1, 0.15) is 24.2 Å². The Bertz CT molecular complexity index is 470. The van der Waals surface area contributed by atoms with Crippen molar-refractivity contribution in [1.82, 2.24) is 14.9 Å². The van der Waals surface area contributed by atoms with Gasteiger partial charge in [0.25, 0.3) is 0 Å². The molecule has 1 aromatic rings. The van der Waals surface area contributed by atoms with Gasteiger partial charge in [-0.2, -0.15) is 0 Å². The minimum Gasteiger partial charge on any atom is -0.481 e. The first kappa shape index (κ1) is 12.5. The molecule has 5 nitrogen and oxygen atoms in total. The van der Waals surface area contributed by atoms with E-state index in [1.54, 1.807) is 0 Å². The lowest BCUT2D eigenvalue weighted by molar-refractivity contribution is -0.142. The van der Waals surface area contributed by atoms with Crippen LogP contribution in [0.4, 0.5) is 0 Å². The first-order chi connectivity index (χ1) is 9.13. The summed E-state index contributed by atoms with van der Waals surface area (Å²) in [6.07, 6.45) is 6.08. The van der Waals surface area contributed by atoms with Crippen molar-refractivity contribution in [3.63, 3.8) is 0 Å². The molecule has 1 saturated heterocycles. The van der Waals surface area contributed by atoms with Gasteiger partial charge in [-0.1, -0.05) is 0 Å². The monoisotopic (exact) mass is 261 g/mol. The Morgan fingerprint density at radius 3 is 2.63 bits per heavy atom. The lowest BCUT2D eigenvalue weighted by atomic mass is 9.92. The molecule has 102 valence electrons. The fourth-order valence-electron chi connectivity index (χ4n) is 3.06. The van der Waals surface area contributed by atoms with E-state index >= 15 is 0 Å². The Hall–Kier alpha value is -1.49. The van der Waals surface area contributed by atoms with E-state index in [2.05, 4.69) is 14.9 Å². The summed E-state index contributed by atoms with van der Waals surface area (Å²) >= 11 is 0. The quantitative estimate of drug-likeness (QED) is 0.885. The predicted octanol–water partition coefficient (Wildman–Crippen LogP) is 1.33. The number of rotatable bonds is 4. The Kier molecular flexibility index (Phi) is 3.22. The fraction of sp³-hybridized carbons (Fsp3) is 0.643. The number of aryl methyl sites for hydroxylation is 1. The van der Waals surface area contributed by atoms with E-state index in [0.29, 0.717) is 18.4 Å². The molecule has 19 heavy (non-hydrogen) atoms. The Balaban J connectivity index is 1.66. The topological polar surface area (TPSA) is 66.3 Å². The highest BCUT2D eigenvalue weighted by Gasteiger charge is 2.45. The van der Waals surface area contributed by atoms with Crippen molar-refractivity contribution in [2.45, 2.75) is 26.3 Å². The van der Waals surface area contributed by atoms with E-state index in [9.17, 15) is 9.90 Å². The maximum atomic E-state index is 11.3. The molecule has 1 saturated carbocycles. The van der Waals surface area contributed by atoms with Crippen molar-refractivity contribution in [3.8, 4) is 0 Å². The Morgan fingerprint density at radius 1 is 1.37 bits per heavy atom. The number of likely N-dealkylation sites (tertiary alicyclic amines) is 1. The SMILES string of the molecule is Cc1ncc(CN2CC(C(=O)O)C(C3CC3)C2)cn1. The molecule has 0 bridgehead atoms. The maximum Gasteiger partial charge on any atom is 0.308 e. The number of hydrogen-bond acceptors (Lipinski definition) is 4. The molecule has 0 radical (unpaired) electrons. The summed E-state index contributed by atoms with van der Waals surface area (Å²) < 4.78 is 0. The van der Waals surface area contributed by atoms with E-state index in [1.807, 2.05) is 19.3 Å². The van der Waals surface area contributed by atoms with Gasteiger partial charge >= 0.3 is 5.97 Å². The molecule has 0 aromatic carbocycles. The molecule has 1 N–H and O–H groups in total. The maximum absolute atomic E-state index is 11.3. The average molecular weight is 261 g/mol. The second kappa shape index (κ2) is 4.89. The summed E-state index contributed by atoms with van der Waals surface area (Å²) in [6.45, 7) is 4.18. The van der Waals surface area contributed by atoms with Gasteiger partial charge in [-0.15, -0.1) is 0 Å². The molecule has 0 amide bonds. The number of carboxylic acids is 1. The summed E-state index contributed by atoms with van der Waals surface area (Å²) in [6, 6.07) is 0. The van der Waals surface area contributed by atoms with Crippen molar-refractivity contribution in [1.29, 1.82) is 0 Å². The zero-order valence-electron chi connectivity index (χ0n) is 11.1. The number of nitrogens with zero attached hydrogens (tertiary/aromatic N) is 3. The van der Waals surface area contributed by atoms with Crippen molar-refractivity contribution in [2.75, 3.05) is 13.1 Å². The summed E-state index contributed by atoms with van der Waals surface area (Å²) in [7, 11) is 0. The van der Waals surface area contributed by atoms with Crippen LogP contribution in [0.25, 0.3) is 0 Å². The van der Waals surface area contributed by atoms with E-state index in [4.69, 9.17) is 0 Å². The normalized spacial score (nSPS) is 27.6. The van der Waals surface area contributed by atoms with Gasteiger partial charge in [-0.25, -0.2) is 9.97 Å². The minimum absolute atomic E-state index is 0.195. The van der Waals surface area contributed by atoms with Gasteiger partial charge in [0, 0.05) is 37.6 Å². The zero-order valence-corrected chi connectivity index (χ0v) is 11.1. The molecule has 2 heterocycles. The first-order valence-corrected chi connectivity index (χ1v) is 6.86. The molecule has 3 rings (SSSR count). The van der Waals surface area contributed by atoms with Crippen LogP contribution >= 0.6 is 0 Å². The number of aromatic nitrogens is 2. The molecule has 2 unspecified atom stereocenters. The van der Waals surface area contributed by atoms with Crippen molar-refractivity contribution < 1.29 is 9.90 Å². The molecule has 2 atom stereocenters. The van der Waals surface area contributed by atoms with Crippen LogP contribution in [0, 0.1) is 24.7 Å². The van der Waals surface area contributed by atoms with E-state index in [0.717, 1.165) is 24.5 Å². The van der Waals surface area contributed by atoms with Crippen molar-refractivity contribution in [2.24, 2.45) is 17.8 Å². The van der Waals surface area contributed by atoms with Crippen LogP contribution in [-0.2, 0) is 11.3 Å². The zero-order chi connectivity index (χ0) is 13.4. The lowest BCUT2D eigenvalue weighted by Gasteiger charge is -2.15. The number of aliphatic carboxylic acids is 1. The van der Waals surface area contributed by atoms with Crippen molar-refractivity contribution >= 4 is 5.97 Å². The highest BCUT2D eigenvalue weighted by molar-refractivity contribution is 5.71. The van der Waals surface area contributed by atoms with E-state index in [-0.39, 0.29) is 5.92 Å². The Morgan fingerprint density at radius 2 is 2.05 bits per heavy atom. The van der Waals surface area contributed by atoms with E-state index < -0.39 is 5.97 Å². The highest BCUT2D eigenvalue weighted by atomic mass is 16.4. The molecule has 5 heteroatoms. The Labute approximate surface area is 112 Å². The van der Waals surface area contributed by atoms with Gasteiger partial charge in [-0.05, 0) is 31.6 Å². The van der Waals surface area contributed by atoms with Crippen molar-refractivity contribution in [3.05, 3.63) is 23.8 Å². The van der Waals surface area contributed by atoms with Crippen LogP contribution in [0.3, 0.4) is 0 Å². The van der Waals surface area contributed by atoms with Gasteiger partial charge in [0.05, 0.1) is 5.92 Å². The summed E-state index contributed by atoms with van der Waals surface area (Å²) in [5.74, 6) is 0.909. The molecule has 1 aliphatic heterocycles. The smallest absolute Gasteiger partial charge is 0.308 e. The van der Waals surface area contributed by atoms with E-state index in [1.165, 1.54) is 12.8 Å². The number of carboxylic acid groups (broad SMARTS) is 1. The van der Waals surface area contributed by atoms with Crippen LogP contribution in [-0.4, -0.2) is 39.0 Å². The van der Waals surface area contributed by atoms with Gasteiger partial charge in [0.15, 0.2) is 0 Å². The first-order valence-electron chi connectivity index (χ1n) is 6.86. The van der Waals surface area contributed by atoms with Crippen LogP contribution in [0.2, 0.25) is 0 Å². The minimum atomic E-state index is -0.639. The third-order valence-electron chi connectivity index (χ3n) is 4.23. The lowest BCUT2D eigenvalue weighted by Crippen LogP contribution is -2.24. The number of hydrogen-bond donors (Lipinski definition) is 1. The van der Waals surface area contributed by atoms with Crippen LogP contribution in [0.5, 0.6) is 0 Å². The largest absolute Gasteiger partial charge is 0.481 e. The molecule has 0 spiro atoms. The fourth-order valence-corrected chi connectivity index (χ4v) is 3.06. The van der Waals surface area contributed by atoms with Gasteiger partial charge in [-0.3, -0.25) is 9.69 Å². The van der Waals surface area contributed by atoms with Gasteiger partial charge in [0.2, 0.25) is 0 Å². The third kappa shape index (κ3) is 2.76. The van der Waals surface area contributed by atoms with Crippen LogP contribution in [0.15, 0.2) is 12.4 Å². The second-order valence-electron chi connectivity index (χ2n) is 5.78. The molecule has 2 aliphatic rings. The van der Waals surface area contributed by atoms with Crippen LogP contribution < -0.4 is 0 Å². The summed E-state index contributed by atoms with van der Waals surface area (Å²) in [5.41, 5.74) is 1.06. The average Bonchev–Trinajstić information content (AvgIpc) is 3.13. The standard InChI is InChI=1S/C14H19N3O2/c1-9-15-4-10(5-16-9)6-17-7-12(11-2-3-11)13(8-17)14(18)19/h4-5,11-13H,2-3,6-8H2,1H3,(H,18,19). The molecule has 2 fully saturated rings.